The summed E-state index contributed by atoms with van der Waals surface area (Å²) in [5.74, 6) is -3.53. The summed E-state index contributed by atoms with van der Waals surface area (Å²) in [4.78, 5) is 53.5. The van der Waals surface area contributed by atoms with Gasteiger partial charge in [-0.1, -0.05) is 38.5 Å². The fourth-order valence-electron chi connectivity index (χ4n) is 4.07. The van der Waals surface area contributed by atoms with E-state index in [4.69, 9.17) is 16.6 Å². The number of carboxylic acid groups (broad SMARTS) is 1. The molecule has 10 N–H and O–H groups in total. The number of unbranched alkanes of at least 4 members (excludes halogenated alkanes) is 1. The van der Waals surface area contributed by atoms with Crippen LogP contribution in [0.2, 0.25) is 0 Å². The van der Waals surface area contributed by atoms with Gasteiger partial charge in [-0.15, -0.1) is 0 Å². The highest BCUT2D eigenvalue weighted by atomic mass is 16.4. The van der Waals surface area contributed by atoms with Crippen molar-refractivity contribution in [1.29, 1.82) is 0 Å². The molecule has 0 aliphatic rings. The van der Waals surface area contributed by atoms with Crippen LogP contribution in [0.1, 0.15) is 45.1 Å². The third kappa shape index (κ3) is 8.54. The number of nitrogens with one attached hydrogen (secondary N) is 4. The Bertz CT molecular complexity index is 1090. The Balaban J connectivity index is 2.13. The SMILES string of the molecule is CCC(C)C(NC(=O)C(N)Cc1c[nH]c2ccccc12)C(=O)NC(CCCCN)C(=O)NC(CO)C(=O)O. The lowest BCUT2D eigenvalue weighted by molar-refractivity contribution is -0.143. The van der Waals surface area contributed by atoms with Crippen LogP contribution in [0, 0.1) is 5.92 Å². The van der Waals surface area contributed by atoms with Crippen LogP contribution in [-0.2, 0) is 25.6 Å². The maximum Gasteiger partial charge on any atom is 0.328 e. The monoisotopic (exact) mass is 532 g/mol. The molecule has 1 heterocycles. The third-order valence-electron chi connectivity index (χ3n) is 6.62. The van der Waals surface area contributed by atoms with Gasteiger partial charge in [0.05, 0.1) is 12.6 Å². The minimum Gasteiger partial charge on any atom is -0.480 e. The largest absolute Gasteiger partial charge is 0.480 e. The highest BCUT2D eigenvalue weighted by Crippen LogP contribution is 2.19. The molecule has 0 bridgehead atoms. The molecule has 1 aromatic heterocycles. The van der Waals surface area contributed by atoms with Crippen LogP contribution in [0.3, 0.4) is 0 Å². The molecule has 0 fully saturated rings. The normalized spacial score (nSPS) is 15.2. The minimum atomic E-state index is -1.51. The Morgan fingerprint density at radius 2 is 1.68 bits per heavy atom. The van der Waals surface area contributed by atoms with E-state index in [1.54, 1.807) is 13.1 Å². The molecular formula is C26H40N6O6. The van der Waals surface area contributed by atoms with E-state index in [1.165, 1.54) is 0 Å². The Morgan fingerprint density at radius 1 is 1.00 bits per heavy atom. The standard InChI is InChI=1S/C26H40N6O6/c1-3-15(2)22(32-23(34)18(28)12-16-13-29-19-9-5-4-8-17(16)19)25(36)30-20(10-6-7-11-27)24(35)31-21(14-33)26(37)38/h4-5,8-9,13,15,18,20-22,29,33H,3,6-7,10-12,14,27-28H2,1-2H3,(H,30,36)(H,31,35)(H,32,34)(H,37,38). The van der Waals surface area contributed by atoms with Gasteiger partial charge in [0.25, 0.3) is 0 Å². The summed E-state index contributed by atoms with van der Waals surface area (Å²) in [7, 11) is 0. The first-order valence-electron chi connectivity index (χ1n) is 12.9. The molecule has 0 spiro atoms. The fourth-order valence-corrected chi connectivity index (χ4v) is 4.07. The number of carboxylic acids is 1. The average Bonchev–Trinajstić information content (AvgIpc) is 3.31. The topological polar surface area (TPSA) is 213 Å². The summed E-state index contributed by atoms with van der Waals surface area (Å²) in [6.07, 6.45) is 3.92. The predicted octanol–water partition coefficient (Wildman–Crippen LogP) is -0.256. The highest BCUT2D eigenvalue weighted by molar-refractivity contribution is 5.94. The lowest BCUT2D eigenvalue weighted by Gasteiger charge is -2.28. The van der Waals surface area contributed by atoms with Gasteiger partial charge in [-0.05, 0) is 49.8 Å². The number of aromatic amines is 1. The second kappa shape index (κ2) is 15.1. The molecule has 12 nitrogen and oxygen atoms in total. The van der Waals surface area contributed by atoms with Gasteiger partial charge in [0, 0.05) is 17.1 Å². The number of benzene rings is 1. The van der Waals surface area contributed by atoms with Crippen molar-refractivity contribution in [2.24, 2.45) is 17.4 Å². The molecular weight excluding hydrogens is 492 g/mol. The summed E-state index contributed by atoms with van der Waals surface area (Å²) in [5, 5.41) is 27.0. The lowest BCUT2D eigenvalue weighted by atomic mass is 9.96. The van der Waals surface area contributed by atoms with Crippen LogP contribution in [0.4, 0.5) is 0 Å². The quantitative estimate of drug-likeness (QED) is 0.135. The first kappa shape index (κ1) is 30.7. The number of aliphatic hydroxyl groups excluding tert-OH is 1. The van der Waals surface area contributed by atoms with Crippen LogP contribution < -0.4 is 27.4 Å². The number of aromatic nitrogens is 1. The maximum absolute atomic E-state index is 13.3. The van der Waals surface area contributed by atoms with Gasteiger partial charge in [-0.25, -0.2) is 4.79 Å². The molecule has 2 aromatic rings. The molecule has 210 valence electrons. The van der Waals surface area contributed by atoms with E-state index in [0.29, 0.717) is 25.8 Å². The number of hydrogen-bond donors (Lipinski definition) is 8. The fraction of sp³-hybridized carbons (Fsp3) is 0.538. The third-order valence-corrected chi connectivity index (χ3v) is 6.62. The van der Waals surface area contributed by atoms with E-state index in [0.717, 1.165) is 16.5 Å². The van der Waals surface area contributed by atoms with Crippen LogP contribution in [-0.4, -0.2) is 76.2 Å². The van der Waals surface area contributed by atoms with E-state index < -0.39 is 54.5 Å². The minimum absolute atomic E-state index is 0.202. The molecule has 0 aliphatic heterocycles. The zero-order valence-electron chi connectivity index (χ0n) is 21.9. The molecule has 3 amide bonds. The number of nitrogens with two attached hydrogens (primary N) is 2. The summed E-state index contributed by atoms with van der Waals surface area (Å²) in [5.41, 5.74) is 13.6. The summed E-state index contributed by atoms with van der Waals surface area (Å²) in [6.45, 7) is 3.25. The van der Waals surface area contributed by atoms with Gasteiger partial charge < -0.3 is 42.6 Å². The number of hydrogen-bond acceptors (Lipinski definition) is 7. The van der Waals surface area contributed by atoms with Crippen LogP contribution in [0.25, 0.3) is 10.9 Å². The number of aliphatic carboxylic acids is 1. The number of carbonyl (C=O) groups excluding carboxylic acids is 3. The Labute approximate surface area is 221 Å². The van der Waals surface area contributed by atoms with Gasteiger partial charge in [-0.3, -0.25) is 14.4 Å². The van der Waals surface area contributed by atoms with E-state index in [-0.39, 0.29) is 18.8 Å². The smallest absolute Gasteiger partial charge is 0.328 e. The van der Waals surface area contributed by atoms with Gasteiger partial charge >= 0.3 is 5.97 Å². The van der Waals surface area contributed by atoms with Crippen molar-refractivity contribution >= 4 is 34.6 Å². The van der Waals surface area contributed by atoms with Gasteiger partial charge in [0.15, 0.2) is 0 Å². The number of aliphatic hydroxyl groups is 1. The molecule has 5 atom stereocenters. The number of fused-ring (bicyclic) bond motifs is 1. The molecule has 12 heteroatoms. The first-order valence-corrected chi connectivity index (χ1v) is 12.9. The number of H-pyrrole nitrogens is 1. The summed E-state index contributed by atoms with van der Waals surface area (Å²) in [6, 6.07) is 3.18. The Morgan fingerprint density at radius 3 is 2.32 bits per heavy atom. The zero-order valence-corrected chi connectivity index (χ0v) is 21.9. The van der Waals surface area contributed by atoms with E-state index in [9.17, 15) is 24.3 Å². The number of carbonyl (C=O) groups is 4. The number of para-hydroxylation sites is 1. The summed E-state index contributed by atoms with van der Waals surface area (Å²) >= 11 is 0. The van der Waals surface area contributed by atoms with Crippen molar-refractivity contribution in [2.45, 2.75) is 70.1 Å². The molecule has 0 saturated heterocycles. The van der Waals surface area contributed by atoms with Crippen molar-refractivity contribution < 1.29 is 29.4 Å². The average molecular weight is 533 g/mol. The zero-order chi connectivity index (χ0) is 28.2. The lowest BCUT2D eigenvalue weighted by Crippen LogP contribution is -2.59. The van der Waals surface area contributed by atoms with Gasteiger partial charge in [-0.2, -0.15) is 0 Å². The van der Waals surface area contributed by atoms with Crippen molar-refractivity contribution in [2.75, 3.05) is 13.2 Å². The second-order valence-corrected chi connectivity index (χ2v) is 9.47. The highest BCUT2D eigenvalue weighted by Gasteiger charge is 2.32. The predicted molar refractivity (Wildman–Crippen MR) is 143 cm³/mol. The van der Waals surface area contributed by atoms with Crippen molar-refractivity contribution in [3.8, 4) is 0 Å². The molecule has 0 saturated carbocycles. The summed E-state index contributed by atoms with van der Waals surface area (Å²) < 4.78 is 0. The maximum atomic E-state index is 13.3. The molecule has 0 aliphatic carbocycles. The van der Waals surface area contributed by atoms with E-state index in [1.807, 2.05) is 31.2 Å². The van der Waals surface area contributed by atoms with Crippen LogP contribution >= 0.6 is 0 Å². The van der Waals surface area contributed by atoms with Gasteiger partial charge in [0.2, 0.25) is 17.7 Å². The molecule has 1 aromatic carbocycles. The first-order chi connectivity index (χ1) is 18.1. The molecule has 0 radical (unpaired) electrons. The number of rotatable bonds is 16. The van der Waals surface area contributed by atoms with Crippen molar-refractivity contribution in [3.63, 3.8) is 0 Å². The molecule has 5 unspecified atom stereocenters. The van der Waals surface area contributed by atoms with Crippen molar-refractivity contribution in [3.05, 3.63) is 36.0 Å². The van der Waals surface area contributed by atoms with E-state index in [2.05, 4.69) is 20.9 Å². The molecule has 2 rings (SSSR count). The van der Waals surface area contributed by atoms with Crippen LogP contribution in [0.5, 0.6) is 0 Å². The molecule has 38 heavy (non-hydrogen) atoms. The Hall–Kier alpha value is -3.48. The Kier molecular flexibility index (Phi) is 12.2. The van der Waals surface area contributed by atoms with Crippen molar-refractivity contribution in [1.82, 2.24) is 20.9 Å². The van der Waals surface area contributed by atoms with Crippen LogP contribution in [0.15, 0.2) is 30.5 Å². The second-order valence-electron chi connectivity index (χ2n) is 9.47. The number of amides is 3. The van der Waals surface area contributed by atoms with E-state index >= 15 is 0 Å². The van der Waals surface area contributed by atoms with Gasteiger partial charge in [0.1, 0.15) is 18.1 Å².